The summed E-state index contributed by atoms with van der Waals surface area (Å²) in [4.78, 5) is -0.184. The molecule has 2 aromatic carbocycles. The number of ether oxygens (including phenoxy) is 2. The van der Waals surface area contributed by atoms with Crippen molar-refractivity contribution in [2.24, 2.45) is 0 Å². The average Bonchev–Trinajstić information content (AvgIpc) is 2.46. The highest BCUT2D eigenvalue weighted by atomic mass is 79.9. The van der Waals surface area contributed by atoms with Gasteiger partial charge in [-0.2, -0.15) is 0 Å². The molecule has 0 amide bonds. The van der Waals surface area contributed by atoms with E-state index in [9.17, 15) is 4.39 Å². The molecule has 0 aliphatic rings. The molecule has 0 aromatic heterocycles. The summed E-state index contributed by atoms with van der Waals surface area (Å²) in [5.41, 5.74) is 1.55. The molecule has 0 fully saturated rings. The standard InChI is InChI=1S/C16H15BrClFO2/c1-20-15-8-12(14(19)9-16(15)21-2)13(17)7-10-4-3-5-11(18)6-10/h3-6,8-9,13H,7H2,1-2H3. The molecule has 0 N–H and O–H groups in total. The summed E-state index contributed by atoms with van der Waals surface area (Å²) in [6, 6.07) is 10.5. The molecule has 2 rings (SSSR count). The predicted octanol–water partition coefficient (Wildman–Crippen LogP) is 5.18. The third kappa shape index (κ3) is 3.89. The molecule has 21 heavy (non-hydrogen) atoms. The van der Waals surface area contributed by atoms with Gasteiger partial charge in [-0.3, -0.25) is 0 Å². The van der Waals surface area contributed by atoms with Gasteiger partial charge in [0.05, 0.1) is 14.2 Å². The Morgan fingerprint density at radius 1 is 1.14 bits per heavy atom. The van der Waals surface area contributed by atoms with Gasteiger partial charge >= 0.3 is 0 Å². The highest BCUT2D eigenvalue weighted by Crippen LogP contribution is 2.36. The lowest BCUT2D eigenvalue weighted by atomic mass is 10.0. The number of halogens is 3. The highest BCUT2D eigenvalue weighted by molar-refractivity contribution is 9.09. The molecular weight excluding hydrogens is 359 g/mol. The lowest BCUT2D eigenvalue weighted by Crippen LogP contribution is -2.01. The largest absolute Gasteiger partial charge is 0.493 e. The molecule has 0 aliphatic carbocycles. The van der Waals surface area contributed by atoms with Crippen molar-refractivity contribution in [3.63, 3.8) is 0 Å². The van der Waals surface area contributed by atoms with Gasteiger partial charge in [-0.25, -0.2) is 4.39 Å². The molecule has 0 saturated heterocycles. The van der Waals surface area contributed by atoms with Gasteiger partial charge in [-0.15, -0.1) is 0 Å². The van der Waals surface area contributed by atoms with Crippen molar-refractivity contribution >= 4 is 27.5 Å². The number of alkyl halides is 1. The van der Waals surface area contributed by atoms with Crippen LogP contribution in [0.1, 0.15) is 16.0 Å². The average molecular weight is 374 g/mol. The van der Waals surface area contributed by atoms with Gasteiger partial charge in [0.25, 0.3) is 0 Å². The minimum absolute atomic E-state index is 0.184. The Hall–Kier alpha value is -1.26. The first-order chi connectivity index (χ1) is 10.0. The fraction of sp³-hybridized carbons (Fsp3) is 0.250. The van der Waals surface area contributed by atoms with Crippen molar-refractivity contribution in [1.82, 2.24) is 0 Å². The molecule has 0 radical (unpaired) electrons. The van der Waals surface area contributed by atoms with Crippen LogP contribution in [0.4, 0.5) is 4.39 Å². The fourth-order valence-corrected chi connectivity index (χ4v) is 3.03. The first-order valence-electron chi connectivity index (χ1n) is 6.35. The molecule has 112 valence electrons. The topological polar surface area (TPSA) is 18.5 Å². The summed E-state index contributed by atoms with van der Waals surface area (Å²) >= 11 is 9.50. The molecule has 1 unspecified atom stereocenters. The van der Waals surface area contributed by atoms with E-state index in [4.69, 9.17) is 21.1 Å². The molecular formula is C16H15BrClFO2. The Labute approximate surface area is 137 Å². The Kier molecular flexibility index (Phi) is 5.48. The van der Waals surface area contributed by atoms with E-state index in [1.807, 2.05) is 24.3 Å². The van der Waals surface area contributed by atoms with Crippen LogP contribution >= 0.6 is 27.5 Å². The first kappa shape index (κ1) is 16.1. The van der Waals surface area contributed by atoms with E-state index in [0.29, 0.717) is 28.5 Å². The molecule has 0 bridgehead atoms. The van der Waals surface area contributed by atoms with Gasteiger partial charge in [0.1, 0.15) is 5.82 Å². The summed E-state index contributed by atoms with van der Waals surface area (Å²) in [5, 5.41) is 0.667. The third-order valence-corrected chi connectivity index (χ3v) is 4.20. The maximum atomic E-state index is 14.2. The van der Waals surface area contributed by atoms with Crippen LogP contribution in [0.5, 0.6) is 11.5 Å². The Morgan fingerprint density at radius 3 is 2.43 bits per heavy atom. The van der Waals surface area contributed by atoms with Gasteiger partial charge < -0.3 is 9.47 Å². The van der Waals surface area contributed by atoms with Gasteiger partial charge in [0, 0.05) is 21.5 Å². The summed E-state index contributed by atoms with van der Waals surface area (Å²) < 4.78 is 24.5. The number of methoxy groups -OCH3 is 2. The van der Waals surface area contributed by atoms with Crippen molar-refractivity contribution in [3.8, 4) is 11.5 Å². The van der Waals surface area contributed by atoms with E-state index in [1.165, 1.54) is 20.3 Å². The molecule has 0 aliphatic heterocycles. The normalized spacial score (nSPS) is 12.0. The second-order valence-corrected chi connectivity index (χ2v) is 6.07. The van der Waals surface area contributed by atoms with Crippen molar-refractivity contribution in [1.29, 1.82) is 0 Å². The van der Waals surface area contributed by atoms with Crippen LogP contribution in [-0.2, 0) is 6.42 Å². The number of hydrogen-bond donors (Lipinski definition) is 0. The van der Waals surface area contributed by atoms with Gasteiger partial charge in [0.15, 0.2) is 11.5 Å². The SMILES string of the molecule is COc1cc(F)c(C(Br)Cc2cccc(Cl)c2)cc1OC. The maximum absolute atomic E-state index is 14.2. The maximum Gasteiger partial charge on any atom is 0.163 e. The summed E-state index contributed by atoms with van der Waals surface area (Å²) in [7, 11) is 3.01. The predicted molar refractivity (Wildman–Crippen MR) is 86.3 cm³/mol. The van der Waals surface area contributed by atoms with E-state index in [1.54, 1.807) is 6.07 Å². The zero-order valence-corrected chi connectivity index (χ0v) is 14.0. The molecule has 5 heteroatoms. The Balaban J connectivity index is 2.28. The van der Waals surface area contributed by atoms with Crippen LogP contribution in [0.3, 0.4) is 0 Å². The van der Waals surface area contributed by atoms with E-state index < -0.39 is 0 Å². The fourth-order valence-electron chi connectivity index (χ4n) is 2.09. The van der Waals surface area contributed by atoms with Crippen LogP contribution in [0.15, 0.2) is 36.4 Å². The van der Waals surface area contributed by atoms with Crippen molar-refractivity contribution in [2.45, 2.75) is 11.2 Å². The van der Waals surface area contributed by atoms with Crippen LogP contribution in [0.25, 0.3) is 0 Å². The van der Waals surface area contributed by atoms with Crippen LogP contribution in [0, 0.1) is 5.82 Å². The molecule has 2 aromatic rings. The van der Waals surface area contributed by atoms with E-state index in [-0.39, 0.29) is 10.6 Å². The second kappa shape index (κ2) is 7.14. The summed E-state index contributed by atoms with van der Waals surface area (Å²) in [6.45, 7) is 0. The highest BCUT2D eigenvalue weighted by Gasteiger charge is 2.18. The smallest absolute Gasteiger partial charge is 0.163 e. The van der Waals surface area contributed by atoms with Crippen molar-refractivity contribution in [3.05, 3.63) is 58.4 Å². The lowest BCUT2D eigenvalue weighted by molar-refractivity contribution is 0.351. The Bertz CT molecular complexity index is 634. The third-order valence-electron chi connectivity index (χ3n) is 3.14. The molecule has 1 atom stereocenters. The molecule has 0 heterocycles. The zero-order chi connectivity index (χ0) is 15.4. The second-order valence-electron chi connectivity index (χ2n) is 4.53. The summed E-state index contributed by atoms with van der Waals surface area (Å²) in [6.07, 6.45) is 0.618. The van der Waals surface area contributed by atoms with Crippen LogP contribution < -0.4 is 9.47 Å². The van der Waals surface area contributed by atoms with E-state index >= 15 is 0 Å². The lowest BCUT2D eigenvalue weighted by Gasteiger charge is -2.15. The Morgan fingerprint density at radius 2 is 1.81 bits per heavy atom. The minimum atomic E-state index is -0.337. The minimum Gasteiger partial charge on any atom is -0.493 e. The van der Waals surface area contributed by atoms with E-state index in [2.05, 4.69) is 15.9 Å². The van der Waals surface area contributed by atoms with Crippen molar-refractivity contribution in [2.75, 3.05) is 14.2 Å². The monoisotopic (exact) mass is 372 g/mol. The molecule has 0 spiro atoms. The number of rotatable bonds is 5. The number of benzene rings is 2. The first-order valence-corrected chi connectivity index (χ1v) is 7.64. The van der Waals surface area contributed by atoms with Crippen LogP contribution in [-0.4, -0.2) is 14.2 Å². The van der Waals surface area contributed by atoms with Gasteiger partial charge in [0.2, 0.25) is 0 Å². The summed E-state index contributed by atoms with van der Waals surface area (Å²) in [5.74, 6) is 0.544. The van der Waals surface area contributed by atoms with Crippen LogP contribution in [0.2, 0.25) is 5.02 Å². The number of hydrogen-bond acceptors (Lipinski definition) is 2. The quantitative estimate of drug-likeness (QED) is 0.673. The zero-order valence-electron chi connectivity index (χ0n) is 11.7. The molecule has 2 nitrogen and oxygen atoms in total. The van der Waals surface area contributed by atoms with E-state index in [0.717, 1.165) is 5.56 Å². The van der Waals surface area contributed by atoms with Crippen molar-refractivity contribution < 1.29 is 13.9 Å². The van der Waals surface area contributed by atoms with Gasteiger partial charge in [-0.05, 0) is 30.2 Å². The molecule has 0 saturated carbocycles. The van der Waals surface area contributed by atoms with Gasteiger partial charge in [-0.1, -0.05) is 39.7 Å².